The molecular weight excluding hydrogens is 881 g/mol. The molecule has 0 unspecified atom stereocenters. The van der Waals surface area contributed by atoms with E-state index < -0.39 is 47.3 Å². The summed E-state index contributed by atoms with van der Waals surface area (Å²) in [5, 5.41) is 10.1. The molecule has 1 saturated heterocycles. The zero-order valence-corrected chi connectivity index (χ0v) is 40.8. The molecule has 0 radical (unpaired) electrons. The minimum absolute atomic E-state index is 0.00225. The van der Waals surface area contributed by atoms with Gasteiger partial charge in [0.25, 0.3) is 0 Å². The van der Waals surface area contributed by atoms with E-state index in [1.165, 1.54) is 11.8 Å². The molecule has 1 fully saturated rings. The summed E-state index contributed by atoms with van der Waals surface area (Å²) in [5.74, 6) is 5.12. The minimum atomic E-state index is -1.03. The van der Waals surface area contributed by atoms with Crippen LogP contribution in [0.15, 0.2) is 95.5 Å². The van der Waals surface area contributed by atoms with Crippen molar-refractivity contribution in [3.05, 3.63) is 119 Å². The lowest BCUT2D eigenvalue weighted by atomic mass is 9.85. The largest absolute Gasteiger partial charge is 0.461 e. The quantitative estimate of drug-likeness (QED) is 0.0581. The van der Waals surface area contributed by atoms with Gasteiger partial charge in [-0.3, -0.25) is 19.2 Å². The summed E-state index contributed by atoms with van der Waals surface area (Å²) >= 11 is 1.57. The zero-order chi connectivity index (χ0) is 48.7. The number of thiazole rings is 1. The van der Waals surface area contributed by atoms with E-state index in [0.717, 1.165) is 66.9 Å². The lowest BCUT2D eigenvalue weighted by Crippen LogP contribution is -2.58. The molecule has 2 N–H and O–H groups in total. The summed E-state index contributed by atoms with van der Waals surface area (Å²) in [4.78, 5) is 67.1. The number of imidazole rings is 1. The average Bonchev–Trinajstić information content (AvgIpc) is 4.14. The van der Waals surface area contributed by atoms with Gasteiger partial charge in [-0.25, -0.2) is 9.97 Å². The van der Waals surface area contributed by atoms with Crippen LogP contribution in [0.1, 0.15) is 75.4 Å². The maximum atomic E-state index is 14.5. The first kappa shape index (κ1) is 48.8. The van der Waals surface area contributed by atoms with E-state index in [4.69, 9.17) is 14.0 Å². The fraction of sp³-hybridized carbons (Fsp3) is 0.365. The molecule has 4 heterocycles. The number of nitrogens with one attached hydrogen (secondary N) is 2. The molecule has 1 aliphatic heterocycles. The average molecular weight is 939 g/mol. The topological polar surface area (TPSA) is 174 Å². The van der Waals surface area contributed by atoms with Gasteiger partial charge in [-0.15, -0.1) is 11.3 Å². The number of nitrogens with zero attached hydrogens (tertiary/aromatic N) is 6. The van der Waals surface area contributed by atoms with Gasteiger partial charge in [-0.05, 0) is 92.6 Å². The van der Waals surface area contributed by atoms with Gasteiger partial charge < -0.3 is 39.0 Å². The van der Waals surface area contributed by atoms with Crippen LogP contribution in [0.4, 0.5) is 11.4 Å². The number of anilines is 2. The number of esters is 1. The SMILES string of the molecule is CC(=O)O[C@@H]1C[C@@H](C(=O)N[C@@H](C)c2ccc(-c3scnc3C)cc2)N(C(=O)[C@@H](NC(=O)COCC#CCN(c2ccc(-n3ccnc3)cc2)c2cc(-c3c(C)noc3C)ccc2C)C(C)(C)C)C1. The number of aromatic nitrogens is 4. The fourth-order valence-corrected chi connectivity index (χ4v) is 9.20. The molecule has 3 aromatic carbocycles. The lowest BCUT2D eigenvalue weighted by Gasteiger charge is -2.35. The van der Waals surface area contributed by atoms with Crippen LogP contribution in [-0.4, -0.2) is 92.8 Å². The fourth-order valence-electron chi connectivity index (χ4n) is 8.39. The predicted octanol–water partition coefficient (Wildman–Crippen LogP) is 7.98. The summed E-state index contributed by atoms with van der Waals surface area (Å²) in [6.07, 6.45) is 4.78. The maximum absolute atomic E-state index is 14.5. The molecule has 7 rings (SSSR count). The van der Waals surface area contributed by atoms with Gasteiger partial charge in [-0.1, -0.05) is 74.2 Å². The smallest absolute Gasteiger partial charge is 0.302 e. The van der Waals surface area contributed by atoms with E-state index in [1.807, 2.05) is 120 Å². The second-order valence-corrected chi connectivity index (χ2v) is 18.9. The number of ether oxygens (including phenoxy) is 2. The summed E-state index contributed by atoms with van der Waals surface area (Å²) in [7, 11) is 0. The van der Waals surface area contributed by atoms with Crippen molar-refractivity contribution >= 4 is 46.4 Å². The monoisotopic (exact) mass is 938 g/mol. The number of benzene rings is 3. The van der Waals surface area contributed by atoms with E-state index >= 15 is 0 Å². The molecule has 4 atom stereocenters. The van der Waals surface area contributed by atoms with Crippen molar-refractivity contribution in [1.82, 2.24) is 35.2 Å². The van der Waals surface area contributed by atoms with Crippen molar-refractivity contribution in [1.29, 1.82) is 0 Å². The van der Waals surface area contributed by atoms with Gasteiger partial charge in [0.2, 0.25) is 17.7 Å². The highest BCUT2D eigenvalue weighted by molar-refractivity contribution is 7.13. The summed E-state index contributed by atoms with van der Waals surface area (Å²) < 4.78 is 18.7. The highest BCUT2D eigenvalue weighted by Gasteiger charge is 2.46. The zero-order valence-electron chi connectivity index (χ0n) is 40.0. The molecule has 354 valence electrons. The molecule has 3 aromatic heterocycles. The summed E-state index contributed by atoms with van der Waals surface area (Å²) in [6.45, 7) is 16.4. The highest BCUT2D eigenvalue weighted by Crippen LogP contribution is 2.36. The lowest BCUT2D eigenvalue weighted by molar-refractivity contribution is -0.147. The van der Waals surface area contributed by atoms with Crippen LogP contribution in [0, 0.1) is 45.0 Å². The van der Waals surface area contributed by atoms with E-state index in [9.17, 15) is 19.2 Å². The van der Waals surface area contributed by atoms with Crippen molar-refractivity contribution < 1.29 is 33.2 Å². The third-order valence-electron chi connectivity index (χ3n) is 11.9. The Bertz CT molecular complexity index is 2780. The van der Waals surface area contributed by atoms with Gasteiger partial charge in [0, 0.05) is 48.4 Å². The number of likely N-dealkylation sites (tertiary alicyclic amines) is 1. The van der Waals surface area contributed by atoms with Crippen molar-refractivity contribution in [2.75, 3.05) is 31.2 Å². The first-order valence-electron chi connectivity index (χ1n) is 22.5. The molecule has 0 bridgehead atoms. The molecular formula is C52H58N8O7S. The molecule has 6 aromatic rings. The Morgan fingerprint density at radius 3 is 2.32 bits per heavy atom. The van der Waals surface area contributed by atoms with Crippen LogP contribution in [0.5, 0.6) is 0 Å². The van der Waals surface area contributed by atoms with E-state index in [2.05, 4.69) is 60.7 Å². The number of hydrogen-bond donors (Lipinski definition) is 2. The van der Waals surface area contributed by atoms with Crippen molar-refractivity contribution in [2.24, 2.45) is 5.41 Å². The van der Waals surface area contributed by atoms with Crippen molar-refractivity contribution in [3.8, 4) is 39.1 Å². The van der Waals surface area contributed by atoms with Crippen LogP contribution in [0.2, 0.25) is 0 Å². The van der Waals surface area contributed by atoms with Crippen LogP contribution < -0.4 is 15.5 Å². The maximum Gasteiger partial charge on any atom is 0.302 e. The Labute approximate surface area is 401 Å². The van der Waals surface area contributed by atoms with Gasteiger partial charge in [0.15, 0.2) is 0 Å². The van der Waals surface area contributed by atoms with E-state index in [0.29, 0.717) is 6.54 Å². The molecule has 16 heteroatoms. The molecule has 0 saturated carbocycles. The number of aryl methyl sites for hydroxylation is 4. The van der Waals surface area contributed by atoms with Gasteiger partial charge in [0.1, 0.15) is 37.2 Å². The standard InChI is InChI=1S/C52H58N8O7S/c1-32-12-13-40(47-34(3)57-67-36(47)5)26-44(32)59(42-20-18-41(19-21-42)58-24-22-53-30-58)23-10-11-25-65-29-46(62)56-49(52(7,8)9)51(64)60-28-43(66-37(6)61)27-45(60)50(63)55-33(2)38-14-16-39(17-15-38)48-35(4)54-31-68-48/h12-22,24,26,30-31,33,43,45,49H,23,25,27-29H2,1-9H3,(H,55,63)(H,56,62)/t33-,43+,45-,49+/m0/s1. The van der Waals surface area contributed by atoms with Crippen LogP contribution in [0.3, 0.4) is 0 Å². The first-order valence-corrected chi connectivity index (χ1v) is 23.4. The number of carbonyl (C=O) groups excluding carboxylic acids is 4. The van der Waals surface area contributed by atoms with Crippen molar-refractivity contribution in [2.45, 2.75) is 93.0 Å². The summed E-state index contributed by atoms with van der Waals surface area (Å²) in [6, 6.07) is 19.9. The van der Waals surface area contributed by atoms with Gasteiger partial charge in [-0.2, -0.15) is 0 Å². The number of carbonyl (C=O) groups is 4. The Hall–Kier alpha value is -7.09. The van der Waals surface area contributed by atoms with Gasteiger partial charge in [0.05, 0.1) is 47.2 Å². The second kappa shape index (κ2) is 21.3. The Morgan fingerprint density at radius 2 is 1.69 bits per heavy atom. The minimum Gasteiger partial charge on any atom is -0.461 e. The van der Waals surface area contributed by atoms with Crippen LogP contribution >= 0.6 is 11.3 Å². The Morgan fingerprint density at radius 1 is 0.956 bits per heavy atom. The number of rotatable bonds is 15. The predicted molar refractivity (Wildman–Crippen MR) is 261 cm³/mol. The normalized spacial score (nSPS) is 15.5. The highest BCUT2D eigenvalue weighted by atomic mass is 32.1. The Balaban J connectivity index is 1.00. The van der Waals surface area contributed by atoms with Crippen molar-refractivity contribution in [3.63, 3.8) is 0 Å². The molecule has 68 heavy (non-hydrogen) atoms. The van der Waals surface area contributed by atoms with Gasteiger partial charge >= 0.3 is 5.97 Å². The third-order valence-corrected chi connectivity index (χ3v) is 12.9. The number of amides is 3. The molecule has 1 aliphatic rings. The Kier molecular flexibility index (Phi) is 15.3. The molecule has 0 spiro atoms. The van der Waals surface area contributed by atoms with Crippen LogP contribution in [-0.2, 0) is 28.7 Å². The van der Waals surface area contributed by atoms with Crippen LogP contribution in [0.25, 0.3) is 27.3 Å². The number of hydrogen-bond acceptors (Lipinski definition) is 12. The summed E-state index contributed by atoms with van der Waals surface area (Å²) in [5.41, 5.74) is 10.5. The van der Waals surface area contributed by atoms with E-state index in [1.54, 1.807) is 23.9 Å². The first-order chi connectivity index (χ1) is 32.5. The van der Waals surface area contributed by atoms with E-state index in [-0.39, 0.29) is 32.2 Å². The molecule has 0 aliphatic carbocycles. The molecule has 3 amide bonds. The molecule has 15 nitrogen and oxygen atoms in total. The second-order valence-electron chi connectivity index (χ2n) is 18.1. The third kappa shape index (κ3) is 11.5.